The van der Waals surface area contributed by atoms with Gasteiger partial charge in [0.05, 0.1) is 4.91 Å². The van der Waals surface area contributed by atoms with Gasteiger partial charge < -0.3 is 10.0 Å². The number of carbonyl (C=O) groups is 2. The van der Waals surface area contributed by atoms with Gasteiger partial charge in [-0.1, -0.05) is 75.8 Å². The monoisotopic (exact) mass is 600 g/mol. The number of aliphatic carboxylic acids is 1. The largest absolute Gasteiger partial charge is 0.481 e. The van der Waals surface area contributed by atoms with Crippen molar-refractivity contribution in [3.8, 4) is 6.07 Å². The summed E-state index contributed by atoms with van der Waals surface area (Å²) in [7, 11) is 0. The molecule has 224 valence electrons. The van der Waals surface area contributed by atoms with Crippen LogP contribution in [0.2, 0.25) is 0 Å². The minimum Gasteiger partial charge on any atom is -0.481 e. The van der Waals surface area contributed by atoms with E-state index in [1.807, 2.05) is 13.0 Å². The van der Waals surface area contributed by atoms with Crippen LogP contribution < -0.4 is 10.5 Å². The molecule has 1 aromatic rings. The van der Waals surface area contributed by atoms with Crippen LogP contribution in [0.25, 0.3) is 6.08 Å². The van der Waals surface area contributed by atoms with E-state index in [1.165, 1.54) is 11.8 Å². The molecule has 0 bridgehead atoms. The van der Waals surface area contributed by atoms with Crippen molar-refractivity contribution in [3.05, 3.63) is 31.9 Å². The second-order valence-corrected chi connectivity index (χ2v) is 12.7. The van der Waals surface area contributed by atoms with E-state index in [0.717, 1.165) is 108 Å². The maximum atomic E-state index is 13.5. The van der Waals surface area contributed by atoms with Crippen LogP contribution in [0.5, 0.6) is 0 Å². The van der Waals surface area contributed by atoms with Crippen molar-refractivity contribution < 1.29 is 14.7 Å². The van der Waals surface area contributed by atoms with Gasteiger partial charge >= 0.3 is 5.97 Å². The van der Waals surface area contributed by atoms with E-state index in [2.05, 4.69) is 17.9 Å². The maximum absolute atomic E-state index is 13.5. The number of thiocarbonyl (C=S) groups is 1. The maximum Gasteiger partial charge on any atom is 0.303 e. The van der Waals surface area contributed by atoms with Crippen molar-refractivity contribution in [3.63, 3.8) is 0 Å². The van der Waals surface area contributed by atoms with Gasteiger partial charge in [0.1, 0.15) is 21.8 Å². The zero-order valence-electron chi connectivity index (χ0n) is 24.6. The molecule has 2 saturated heterocycles. The van der Waals surface area contributed by atoms with Crippen molar-refractivity contribution in [2.24, 2.45) is 0 Å². The zero-order chi connectivity index (χ0) is 29.8. The third-order valence-electron chi connectivity index (χ3n) is 7.91. The molecule has 0 radical (unpaired) electrons. The second kappa shape index (κ2) is 16.7. The molecule has 0 spiro atoms. The molecule has 0 aliphatic carbocycles. The van der Waals surface area contributed by atoms with E-state index in [9.17, 15) is 19.6 Å². The van der Waals surface area contributed by atoms with Crippen molar-refractivity contribution >= 4 is 52.1 Å². The molecule has 3 rings (SSSR count). The number of nitriles is 1. The van der Waals surface area contributed by atoms with E-state index in [1.54, 1.807) is 9.47 Å². The minimum absolute atomic E-state index is 0.104. The van der Waals surface area contributed by atoms with E-state index in [-0.39, 0.29) is 23.5 Å². The van der Waals surface area contributed by atoms with Crippen molar-refractivity contribution in [2.75, 3.05) is 24.5 Å². The van der Waals surface area contributed by atoms with Gasteiger partial charge in [0.15, 0.2) is 0 Å². The first-order chi connectivity index (χ1) is 19.8. The summed E-state index contributed by atoms with van der Waals surface area (Å²) < 4.78 is 2.32. The van der Waals surface area contributed by atoms with Crippen LogP contribution in [-0.2, 0) is 16.1 Å². The molecule has 1 amide bonds. The predicted molar refractivity (Wildman–Crippen MR) is 170 cm³/mol. The molecule has 0 atom stereocenters. The summed E-state index contributed by atoms with van der Waals surface area (Å²) in [5.41, 5.74) is 1.30. The van der Waals surface area contributed by atoms with Gasteiger partial charge in [-0.3, -0.25) is 23.9 Å². The molecular formula is C31H44N4O4S2. The van der Waals surface area contributed by atoms with Gasteiger partial charge in [-0.25, -0.2) is 0 Å². The Hall–Kier alpha value is -2.64. The van der Waals surface area contributed by atoms with Gasteiger partial charge in [-0.2, -0.15) is 5.26 Å². The van der Waals surface area contributed by atoms with E-state index < -0.39 is 5.97 Å². The Balaban J connectivity index is 1.72. The first-order valence-electron chi connectivity index (χ1n) is 15.2. The van der Waals surface area contributed by atoms with Crippen molar-refractivity contribution in [1.82, 2.24) is 9.47 Å². The SMILES string of the molecule is CCCCn1c(N2CCCCC2)c(/C=C2\SC(=S)N(CCCCCCCCCCC(=O)O)C2=O)c(C)c(C#N)c1=O. The highest BCUT2D eigenvalue weighted by Gasteiger charge is 2.33. The van der Waals surface area contributed by atoms with Gasteiger partial charge in [-0.15, -0.1) is 0 Å². The Kier molecular flexibility index (Phi) is 13.4. The highest BCUT2D eigenvalue weighted by Crippen LogP contribution is 2.36. The quantitative estimate of drug-likeness (QED) is 0.128. The average molecular weight is 601 g/mol. The normalized spacial score (nSPS) is 16.6. The minimum atomic E-state index is -0.726. The Morgan fingerprint density at radius 3 is 2.24 bits per heavy atom. The van der Waals surface area contributed by atoms with Crippen molar-refractivity contribution in [2.45, 2.75) is 110 Å². The highest BCUT2D eigenvalue weighted by atomic mass is 32.2. The first kappa shape index (κ1) is 32.9. The number of anilines is 1. The second-order valence-electron chi connectivity index (χ2n) is 11.0. The summed E-state index contributed by atoms with van der Waals surface area (Å²) in [5.74, 6) is -0.00358. The summed E-state index contributed by atoms with van der Waals surface area (Å²) in [6.45, 7) is 6.72. The van der Waals surface area contributed by atoms with Crippen LogP contribution in [0.3, 0.4) is 0 Å². The molecule has 10 heteroatoms. The molecule has 0 unspecified atom stereocenters. The molecule has 0 saturated carbocycles. The summed E-state index contributed by atoms with van der Waals surface area (Å²) in [4.78, 5) is 41.9. The molecule has 1 aromatic heterocycles. The number of amides is 1. The standard InChI is InChI=1S/C31H44N4O4S2/c1-3-4-19-34-28(33-17-13-11-14-18-33)24(23(2)25(22-32)29(34)38)21-26-30(39)35(31(40)41-26)20-15-10-8-6-5-7-9-12-16-27(36)37/h21H,3-20H2,1-2H3,(H,36,37)/b26-21-. The lowest BCUT2D eigenvalue weighted by Crippen LogP contribution is -2.37. The fraction of sp³-hybridized carbons (Fsp3) is 0.645. The highest BCUT2D eigenvalue weighted by molar-refractivity contribution is 8.26. The number of pyridine rings is 1. The lowest BCUT2D eigenvalue weighted by atomic mass is 10.0. The summed E-state index contributed by atoms with van der Waals surface area (Å²) >= 11 is 6.90. The summed E-state index contributed by atoms with van der Waals surface area (Å²) in [6.07, 6.45) is 15.1. The van der Waals surface area contributed by atoms with Gasteiger partial charge in [-0.05, 0) is 57.1 Å². The van der Waals surface area contributed by atoms with E-state index in [0.29, 0.717) is 27.9 Å². The number of nitrogens with zero attached hydrogens (tertiary/aromatic N) is 4. The number of hydrogen-bond acceptors (Lipinski definition) is 7. The molecular weight excluding hydrogens is 556 g/mol. The molecule has 2 fully saturated rings. The number of aromatic nitrogens is 1. The van der Waals surface area contributed by atoms with Crippen LogP contribution in [0, 0.1) is 18.3 Å². The average Bonchev–Trinajstić information content (AvgIpc) is 3.22. The molecule has 3 heterocycles. The number of piperidine rings is 1. The third kappa shape index (κ3) is 8.92. The van der Waals surface area contributed by atoms with Crippen LogP contribution in [0.15, 0.2) is 9.70 Å². The first-order valence-corrected chi connectivity index (χ1v) is 16.4. The number of unbranched alkanes of at least 4 members (excludes halogenated alkanes) is 8. The number of hydrogen-bond donors (Lipinski definition) is 1. The number of carboxylic acid groups (broad SMARTS) is 1. The molecule has 41 heavy (non-hydrogen) atoms. The predicted octanol–water partition coefficient (Wildman–Crippen LogP) is 6.62. The Morgan fingerprint density at radius 2 is 1.63 bits per heavy atom. The fourth-order valence-corrected chi connectivity index (χ4v) is 6.84. The van der Waals surface area contributed by atoms with E-state index >= 15 is 0 Å². The van der Waals surface area contributed by atoms with Crippen LogP contribution >= 0.6 is 24.0 Å². The summed E-state index contributed by atoms with van der Waals surface area (Å²) in [5, 5.41) is 18.6. The molecule has 2 aliphatic heterocycles. The Bertz CT molecular complexity index is 1230. The number of carboxylic acids is 1. The van der Waals surface area contributed by atoms with Gasteiger partial charge in [0, 0.05) is 38.2 Å². The Labute approximate surface area is 253 Å². The topological polar surface area (TPSA) is 107 Å². The summed E-state index contributed by atoms with van der Waals surface area (Å²) in [6, 6.07) is 2.14. The lowest BCUT2D eigenvalue weighted by Gasteiger charge is -2.33. The van der Waals surface area contributed by atoms with Gasteiger partial charge in [0.25, 0.3) is 11.5 Å². The molecule has 1 N–H and O–H groups in total. The van der Waals surface area contributed by atoms with Crippen LogP contribution in [0.4, 0.5) is 5.82 Å². The van der Waals surface area contributed by atoms with Crippen LogP contribution in [-0.4, -0.2) is 50.4 Å². The van der Waals surface area contributed by atoms with Crippen molar-refractivity contribution in [1.29, 1.82) is 5.26 Å². The number of carbonyl (C=O) groups excluding carboxylic acids is 1. The third-order valence-corrected chi connectivity index (χ3v) is 9.29. The fourth-order valence-electron chi connectivity index (χ4n) is 5.54. The molecule has 0 aromatic carbocycles. The smallest absolute Gasteiger partial charge is 0.303 e. The molecule has 8 nitrogen and oxygen atoms in total. The Morgan fingerprint density at radius 1 is 1.00 bits per heavy atom. The van der Waals surface area contributed by atoms with E-state index in [4.69, 9.17) is 17.3 Å². The van der Waals surface area contributed by atoms with Crippen LogP contribution in [0.1, 0.15) is 114 Å². The number of thioether (sulfide) groups is 1. The molecule has 2 aliphatic rings. The zero-order valence-corrected chi connectivity index (χ0v) is 26.2. The number of rotatable bonds is 16. The van der Waals surface area contributed by atoms with Gasteiger partial charge in [0.2, 0.25) is 0 Å². The lowest BCUT2D eigenvalue weighted by molar-refractivity contribution is -0.137.